The quantitative estimate of drug-likeness (QED) is 0.174. The second-order valence-electron chi connectivity index (χ2n) is 3.42. The number of aromatic nitrogens is 1. The molecule has 0 spiro atoms. The van der Waals surface area contributed by atoms with Crippen molar-refractivity contribution in [2.45, 2.75) is 6.54 Å². The van der Waals surface area contributed by atoms with Crippen molar-refractivity contribution in [3.8, 4) is 0 Å². The molecular weight excluding hydrogens is 293 g/mol. The van der Waals surface area contributed by atoms with Gasteiger partial charge in [-0.15, -0.1) is 12.6 Å². The zero-order valence-corrected chi connectivity index (χ0v) is 14.7. The van der Waals surface area contributed by atoms with Crippen LogP contribution in [0.2, 0.25) is 0 Å². The number of thiol groups is 1. The summed E-state index contributed by atoms with van der Waals surface area (Å²) < 4.78 is 2.01. The number of nitrogens with zero attached hydrogens (tertiary/aromatic N) is 2. The van der Waals surface area contributed by atoms with Crippen LogP contribution in [0.1, 0.15) is 0 Å². The topological polar surface area (TPSA) is 52.4 Å². The first kappa shape index (κ1) is 16.2. The normalized spacial score (nSPS) is 11.1. The number of rotatable bonds is 3. The van der Waals surface area contributed by atoms with E-state index >= 15 is 0 Å². The summed E-state index contributed by atoms with van der Waals surface area (Å²) in [5, 5.41) is 16.2. The van der Waals surface area contributed by atoms with Crippen LogP contribution >= 0.6 is 24.8 Å². The standard InChI is InChI=1S/C11H11N3OS2.K/c15-10(12-13-11(16)17)7-14-6-5-8-3-1-2-4-9(8)14;/h1-6H,7H2,(H,12,15)(H2,13,16,17);/q;+1/p-1. The third kappa shape index (κ3) is 4.34. The van der Waals surface area contributed by atoms with Crippen LogP contribution in [-0.2, 0) is 6.54 Å². The van der Waals surface area contributed by atoms with Gasteiger partial charge in [0.1, 0.15) is 0 Å². The molecule has 0 radical (unpaired) electrons. The molecule has 1 aromatic carbocycles. The molecule has 4 nitrogen and oxygen atoms in total. The number of hydrazone groups is 1. The Morgan fingerprint density at radius 2 is 2.11 bits per heavy atom. The molecule has 0 saturated carbocycles. The van der Waals surface area contributed by atoms with E-state index in [2.05, 4.69) is 35.4 Å². The van der Waals surface area contributed by atoms with Gasteiger partial charge in [-0.3, -0.25) is 5.43 Å². The predicted molar refractivity (Wildman–Crippen MR) is 74.1 cm³/mol. The summed E-state index contributed by atoms with van der Waals surface area (Å²) in [5.41, 5.74) is 3.37. The van der Waals surface area contributed by atoms with E-state index in [0.717, 1.165) is 10.9 Å². The average molecular weight is 303 g/mol. The zero-order chi connectivity index (χ0) is 12.3. The third-order valence-electron chi connectivity index (χ3n) is 2.26. The van der Waals surface area contributed by atoms with Crippen LogP contribution in [0.15, 0.2) is 41.6 Å². The van der Waals surface area contributed by atoms with E-state index in [1.54, 1.807) is 0 Å². The number of fused-ring (bicyclic) bond motifs is 1. The molecule has 1 heterocycles. The summed E-state index contributed by atoms with van der Waals surface area (Å²) in [5.74, 6) is -0.303. The maximum atomic E-state index is 11.5. The van der Waals surface area contributed by atoms with Gasteiger partial charge in [-0.25, -0.2) is 0 Å². The first-order valence-corrected chi connectivity index (χ1v) is 5.79. The van der Waals surface area contributed by atoms with Gasteiger partial charge in [-0.05, 0) is 17.5 Å². The second kappa shape index (κ2) is 7.64. The molecular formula is C11H10KN3OS2. The van der Waals surface area contributed by atoms with E-state index in [1.807, 2.05) is 41.1 Å². The summed E-state index contributed by atoms with van der Waals surface area (Å²) in [6, 6.07) is 9.80. The van der Waals surface area contributed by atoms with Crippen LogP contribution < -0.4 is 61.9 Å². The Hall–Kier alpha value is 0.106. The number of thiocarbonyl (C=S) groups is 1. The molecule has 18 heavy (non-hydrogen) atoms. The van der Waals surface area contributed by atoms with Gasteiger partial charge in [-0.2, -0.15) is 5.10 Å². The molecule has 1 aromatic heterocycles. The Balaban J connectivity index is 0.00000162. The monoisotopic (exact) mass is 303 g/mol. The SMILES string of the molecule is [K+].[O-]/C(Cn1ccc2ccccc21)=N\NC(=S)S. The fourth-order valence-electron chi connectivity index (χ4n) is 1.57. The molecule has 0 atom stereocenters. The summed E-state index contributed by atoms with van der Waals surface area (Å²) in [4.78, 5) is 0. The molecule has 0 amide bonds. The zero-order valence-electron chi connectivity index (χ0n) is 9.83. The molecule has 88 valence electrons. The fourth-order valence-corrected chi connectivity index (χ4v) is 1.67. The van der Waals surface area contributed by atoms with Crippen LogP contribution in [0, 0.1) is 0 Å². The third-order valence-corrected chi connectivity index (χ3v) is 2.45. The minimum absolute atomic E-state index is 0. The summed E-state index contributed by atoms with van der Waals surface area (Å²) in [6.07, 6.45) is 1.86. The van der Waals surface area contributed by atoms with Gasteiger partial charge in [0.05, 0.1) is 6.54 Å². The van der Waals surface area contributed by atoms with Gasteiger partial charge in [0, 0.05) is 17.6 Å². The van der Waals surface area contributed by atoms with Crippen LogP contribution in [0.4, 0.5) is 0 Å². The van der Waals surface area contributed by atoms with Gasteiger partial charge >= 0.3 is 51.4 Å². The van der Waals surface area contributed by atoms with E-state index in [9.17, 15) is 5.11 Å². The first-order valence-electron chi connectivity index (χ1n) is 4.93. The fraction of sp³-hybridized carbons (Fsp3) is 0.0909. The Bertz CT molecular complexity index is 582. The molecule has 1 N–H and O–H groups in total. The largest absolute Gasteiger partial charge is 1.00 e. The van der Waals surface area contributed by atoms with Crippen molar-refractivity contribution in [1.82, 2.24) is 9.99 Å². The molecule has 0 bridgehead atoms. The van der Waals surface area contributed by atoms with Crippen molar-refractivity contribution >= 4 is 46.0 Å². The van der Waals surface area contributed by atoms with Gasteiger partial charge in [0.2, 0.25) is 0 Å². The maximum absolute atomic E-state index is 11.5. The van der Waals surface area contributed by atoms with Gasteiger partial charge < -0.3 is 9.67 Å². The summed E-state index contributed by atoms with van der Waals surface area (Å²) >= 11 is 8.45. The number of hydrogen-bond donors (Lipinski definition) is 2. The Morgan fingerprint density at radius 1 is 1.39 bits per heavy atom. The van der Waals surface area contributed by atoms with E-state index in [4.69, 9.17) is 0 Å². The Kier molecular flexibility index (Phi) is 6.86. The van der Waals surface area contributed by atoms with E-state index in [1.165, 1.54) is 0 Å². The number of nitrogens with one attached hydrogen (secondary N) is 1. The minimum Gasteiger partial charge on any atom is -0.859 e. The van der Waals surface area contributed by atoms with Crippen molar-refractivity contribution in [2.75, 3.05) is 0 Å². The predicted octanol–water partition coefficient (Wildman–Crippen LogP) is -1.88. The second-order valence-corrected chi connectivity index (χ2v) is 4.58. The van der Waals surface area contributed by atoms with Gasteiger partial charge in [0.15, 0.2) is 4.32 Å². The van der Waals surface area contributed by atoms with Crippen molar-refractivity contribution < 1.29 is 56.5 Å². The van der Waals surface area contributed by atoms with Crippen molar-refractivity contribution in [3.63, 3.8) is 0 Å². The summed E-state index contributed by atoms with van der Waals surface area (Å²) in [7, 11) is 0. The van der Waals surface area contributed by atoms with Gasteiger partial charge in [0.25, 0.3) is 0 Å². The number of hydrogen-bond acceptors (Lipinski definition) is 3. The number of para-hydroxylation sites is 1. The smallest absolute Gasteiger partial charge is 0.859 e. The first-order chi connectivity index (χ1) is 8.16. The molecule has 0 unspecified atom stereocenters. The molecule has 2 rings (SSSR count). The van der Waals surface area contributed by atoms with Crippen LogP contribution in [0.3, 0.4) is 0 Å². The Morgan fingerprint density at radius 3 is 2.83 bits per heavy atom. The maximum Gasteiger partial charge on any atom is 1.00 e. The number of benzene rings is 1. The van der Waals surface area contributed by atoms with Crippen LogP contribution in [0.5, 0.6) is 0 Å². The Labute approximate surface area is 158 Å². The van der Waals surface area contributed by atoms with E-state index in [-0.39, 0.29) is 68.1 Å². The van der Waals surface area contributed by atoms with E-state index < -0.39 is 0 Å². The van der Waals surface area contributed by atoms with Crippen LogP contribution in [-0.4, -0.2) is 14.8 Å². The van der Waals surface area contributed by atoms with Crippen LogP contribution in [0.25, 0.3) is 10.9 Å². The molecule has 0 saturated heterocycles. The molecule has 0 aliphatic carbocycles. The molecule has 2 aromatic rings. The van der Waals surface area contributed by atoms with Gasteiger partial charge in [-0.1, -0.05) is 30.4 Å². The minimum atomic E-state index is -0.303. The summed E-state index contributed by atoms with van der Waals surface area (Å²) in [6.45, 7) is 0.177. The van der Waals surface area contributed by atoms with E-state index in [0.29, 0.717) is 0 Å². The van der Waals surface area contributed by atoms with Crippen molar-refractivity contribution in [2.24, 2.45) is 5.10 Å². The molecule has 7 heteroatoms. The average Bonchev–Trinajstić information content (AvgIpc) is 2.70. The van der Waals surface area contributed by atoms with Crippen molar-refractivity contribution in [1.29, 1.82) is 0 Å². The molecule has 0 fully saturated rings. The van der Waals surface area contributed by atoms with Crippen molar-refractivity contribution in [3.05, 3.63) is 36.5 Å². The molecule has 0 aliphatic rings. The molecule has 0 aliphatic heterocycles.